The third-order valence-corrected chi connectivity index (χ3v) is 3.24. The van der Waals surface area contributed by atoms with Crippen molar-refractivity contribution >= 4 is 24.3 Å². The number of esters is 2. The number of hydrogen-bond donors (Lipinski definition) is 1. The van der Waals surface area contributed by atoms with Gasteiger partial charge >= 0.3 is 11.9 Å². The minimum Gasteiger partial charge on any atom is -0.467 e. The van der Waals surface area contributed by atoms with Crippen molar-refractivity contribution in [2.75, 3.05) is 20.3 Å². The smallest absolute Gasteiger partial charge is 0.331 e. The summed E-state index contributed by atoms with van der Waals surface area (Å²) in [6.07, 6.45) is 2.83. The number of rotatable bonds is 6. The zero-order valence-electron chi connectivity index (χ0n) is 12.2. The Kier molecular flexibility index (Phi) is 6.64. The van der Waals surface area contributed by atoms with Crippen molar-refractivity contribution in [2.24, 2.45) is 0 Å². The number of methoxy groups -OCH3 is 1. The van der Waals surface area contributed by atoms with Crippen LogP contribution < -0.4 is 5.32 Å². The summed E-state index contributed by atoms with van der Waals surface area (Å²) >= 11 is 0. The fourth-order valence-corrected chi connectivity index (χ4v) is 2.14. The van der Waals surface area contributed by atoms with Gasteiger partial charge in [-0.3, -0.25) is 14.4 Å². The van der Waals surface area contributed by atoms with E-state index >= 15 is 0 Å². The van der Waals surface area contributed by atoms with E-state index in [4.69, 9.17) is 4.74 Å². The molecule has 0 aromatic rings. The lowest BCUT2D eigenvalue weighted by atomic mass is 10.0. The van der Waals surface area contributed by atoms with Crippen LogP contribution in [-0.4, -0.2) is 61.5 Å². The average Bonchev–Trinajstić information content (AvgIpc) is 2.50. The number of likely N-dealkylation sites (tertiary alicyclic amines) is 1. The maximum Gasteiger partial charge on any atom is 0.331 e. The third-order valence-electron chi connectivity index (χ3n) is 3.24. The molecule has 1 fully saturated rings. The fraction of sp³-hybridized carbons (Fsp3) is 0.692. The van der Waals surface area contributed by atoms with Gasteiger partial charge < -0.3 is 19.7 Å². The molecule has 0 aliphatic carbocycles. The maximum atomic E-state index is 12.2. The van der Waals surface area contributed by atoms with Gasteiger partial charge in [-0.25, -0.2) is 4.79 Å². The highest BCUT2D eigenvalue weighted by atomic mass is 16.5. The lowest BCUT2D eigenvalue weighted by Crippen LogP contribution is -2.54. The van der Waals surface area contributed by atoms with E-state index in [1.807, 2.05) is 0 Å². The maximum absolute atomic E-state index is 12.2. The topological polar surface area (TPSA) is 102 Å². The predicted octanol–water partition coefficient (Wildman–Crippen LogP) is -0.782. The van der Waals surface area contributed by atoms with Crippen molar-refractivity contribution < 1.29 is 28.7 Å². The molecule has 0 saturated carbocycles. The van der Waals surface area contributed by atoms with Crippen LogP contribution in [0.15, 0.2) is 0 Å². The number of carbonyl (C=O) groups excluding carboxylic acids is 4. The van der Waals surface area contributed by atoms with E-state index in [0.717, 1.165) is 12.8 Å². The molecule has 8 heteroatoms. The van der Waals surface area contributed by atoms with E-state index in [9.17, 15) is 19.2 Å². The molecule has 0 unspecified atom stereocenters. The zero-order valence-corrected chi connectivity index (χ0v) is 12.2. The van der Waals surface area contributed by atoms with Crippen LogP contribution in [-0.2, 0) is 28.7 Å². The van der Waals surface area contributed by atoms with Crippen molar-refractivity contribution in [2.45, 2.75) is 38.3 Å². The minimum absolute atomic E-state index is 0.304. The summed E-state index contributed by atoms with van der Waals surface area (Å²) in [6, 6.07) is -1.69. The first kappa shape index (κ1) is 16.9. The second kappa shape index (κ2) is 8.23. The quantitative estimate of drug-likeness (QED) is 0.510. The highest BCUT2D eigenvalue weighted by molar-refractivity contribution is 5.88. The van der Waals surface area contributed by atoms with Crippen LogP contribution in [0.25, 0.3) is 0 Å². The molecule has 1 heterocycles. The standard InChI is InChI=1S/C13H20N2O6/c1-9(17)21-7-10(13(19)20-2)14-12(18)11-5-3-4-6-15(11)8-16/h8,10-11H,3-7H2,1-2H3,(H,14,18)/t10-,11-/m0/s1. The molecule has 1 aliphatic rings. The number of hydrogen-bond acceptors (Lipinski definition) is 6. The van der Waals surface area contributed by atoms with Crippen molar-refractivity contribution in [1.82, 2.24) is 10.2 Å². The number of ether oxygens (including phenoxy) is 2. The number of carbonyl (C=O) groups is 4. The van der Waals surface area contributed by atoms with Gasteiger partial charge in [0, 0.05) is 13.5 Å². The van der Waals surface area contributed by atoms with Crippen LogP contribution in [0.1, 0.15) is 26.2 Å². The van der Waals surface area contributed by atoms with E-state index in [0.29, 0.717) is 19.4 Å². The van der Waals surface area contributed by atoms with Crippen molar-refractivity contribution in [3.8, 4) is 0 Å². The molecule has 118 valence electrons. The van der Waals surface area contributed by atoms with Crippen LogP contribution in [0.3, 0.4) is 0 Å². The molecular weight excluding hydrogens is 280 g/mol. The summed E-state index contributed by atoms with van der Waals surface area (Å²) < 4.78 is 9.29. The summed E-state index contributed by atoms with van der Waals surface area (Å²) in [6.45, 7) is 1.40. The van der Waals surface area contributed by atoms with Gasteiger partial charge in [-0.05, 0) is 19.3 Å². The molecule has 1 aliphatic heterocycles. The molecule has 1 N–H and O–H groups in total. The normalized spacial score (nSPS) is 19.3. The molecule has 2 atom stereocenters. The Bertz CT molecular complexity index is 411. The lowest BCUT2D eigenvalue weighted by Gasteiger charge is -2.32. The molecule has 2 amide bonds. The van der Waals surface area contributed by atoms with Crippen molar-refractivity contribution in [1.29, 1.82) is 0 Å². The van der Waals surface area contributed by atoms with E-state index in [2.05, 4.69) is 10.1 Å². The first-order chi connectivity index (χ1) is 9.99. The Morgan fingerprint density at radius 2 is 2.10 bits per heavy atom. The fourth-order valence-electron chi connectivity index (χ4n) is 2.14. The third kappa shape index (κ3) is 5.05. The molecule has 1 saturated heterocycles. The monoisotopic (exact) mass is 300 g/mol. The van der Waals surface area contributed by atoms with Crippen molar-refractivity contribution in [3.05, 3.63) is 0 Å². The van der Waals surface area contributed by atoms with Gasteiger partial charge in [0.1, 0.15) is 12.6 Å². The molecule has 0 radical (unpaired) electrons. The van der Waals surface area contributed by atoms with Crippen molar-refractivity contribution in [3.63, 3.8) is 0 Å². The molecule has 21 heavy (non-hydrogen) atoms. The average molecular weight is 300 g/mol. The van der Waals surface area contributed by atoms with Crippen LogP contribution in [0.4, 0.5) is 0 Å². The van der Waals surface area contributed by atoms with E-state index in [1.165, 1.54) is 18.9 Å². The second-order valence-electron chi connectivity index (χ2n) is 4.74. The van der Waals surface area contributed by atoms with E-state index < -0.39 is 29.9 Å². The summed E-state index contributed by atoms with van der Waals surface area (Å²) in [7, 11) is 1.17. The van der Waals surface area contributed by atoms with Gasteiger partial charge in [-0.15, -0.1) is 0 Å². The Balaban J connectivity index is 2.67. The second-order valence-corrected chi connectivity index (χ2v) is 4.74. The molecule has 1 rings (SSSR count). The Labute approximate surface area is 122 Å². The van der Waals surface area contributed by atoms with Gasteiger partial charge in [-0.2, -0.15) is 0 Å². The first-order valence-corrected chi connectivity index (χ1v) is 6.72. The first-order valence-electron chi connectivity index (χ1n) is 6.72. The van der Waals surface area contributed by atoms with E-state index in [1.54, 1.807) is 0 Å². The molecular formula is C13H20N2O6. The SMILES string of the molecule is COC(=O)[C@H](COC(C)=O)NC(=O)[C@@H]1CCCCN1C=O. The van der Waals surface area contributed by atoms with Crippen LogP contribution in [0, 0.1) is 0 Å². The molecule has 0 aromatic heterocycles. The predicted molar refractivity (Wildman–Crippen MR) is 71.0 cm³/mol. The highest BCUT2D eigenvalue weighted by Gasteiger charge is 2.31. The molecule has 0 aromatic carbocycles. The van der Waals surface area contributed by atoms with Gasteiger partial charge in [0.2, 0.25) is 12.3 Å². The molecule has 8 nitrogen and oxygen atoms in total. The summed E-state index contributed by atoms with van der Waals surface area (Å²) in [5, 5.41) is 2.47. The molecule has 0 bridgehead atoms. The lowest BCUT2D eigenvalue weighted by molar-refractivity contribution is -0.151. The van der Waals surface area contributed by atoms with Crippen LogP contribution in [0.2, 0.25) is 0 Å². The zero-order chi connectivity index (χ0) is 15.8. The Morgan fingerprint density at radius 1 is 1.38 bits per heavy atom. The van der Waals surface area contributed by atoms with Gasteiger partial charge in [0.05, 0.1) is 7.11 Å². The highest BCUT2D eigenvalue weighted by Crippen LogP contribution is 2.15. The number of amides is 2. The largest absolute Gasteiger partial charge is 0.467 e. The number of nitrogens with one attached hydrogen (secondary N) is 1. The van der Waals surface area contributed by atoms with Crippen LogP contribution in [0.5, 0.6) is 0 Å². The van der Waals surface area contributed by atoms with Gasteiger partial charge in [-0.1, -0.05) is 0 Å². The number of piperidine rings is 1. The summed E-state index contributed by atoms with van der Waals surface area (Å²) in [5.41, 5.74) is 0. The van der Waals surface area contributed by atoms with Crippen LogP contribution >= 0.6 is 0 Å². The van der Waals surface area contributed by atoms with Gasteiger partial charge in [0.25, 0.3) is 0 Å². The Hall–Kier alpha value is -2.12. The molecule has 0 spiro atoms. The minimum atomic E-state index is -1.08. The Morgan fingerprint density at radius 3 is 2.67 bits per heavy atom. The number of nitrogens with zero attached hydrogens (tertiary/aromatic N) is 1. The van der Waals surface area contributed by atoms with Gasteiger partial charge in [0.15, 0.2) is 6.04 Å². The van der Waals surface area contributed by atoms with E-state index in [-0.39, 0.29) is 6.61 Å². The summed E-state index contributed by atoms with van der Waals surface area (Å²) in [5.74, 6) is -1.73. The summed E-state index contributed by atoms with van der Waals surface area (Å²) in [4.78, 5) is 46.9.